The summed E-state index contributed by atoms with van der Waals surface area (Å²) >= 11 is 0. The highest BCUT2D eigenvalue weighted by Crippen LogP contribution is 2.17. The zero-order valence-corrected chi connectivity index (χ0v) is 15.4. The molecule has 1 aliphatic carbocycles. The van der Waals surface area contributed by atoms with Gasteiger partial charge >= 0.3 is 0 Å². The highest BCUT2D eigenvalue weighted by Gasteiger charge is 2.23. The van der Waals surface area contributed by atoms with E-state index < -0.39 is 0 Å². The first-order chi connectivity index (χ1) is 11.5. The van der Waals surface area contributed by atoms with Crippen LogP contribution in [-0.2, 0) is 14.4 Å². The molecule has 0 aromatic carbocycles. The van der Waals surface area contributed by atoms with Gasteiger partial charge in [-0.3, -0.25) is 14.4 Å². The molecule has 6 heteroatoms. The average Bonchev–Trinajstić information content (AvgIpc) is 2.59. The topological polar surface area (TPSA) is 78.5 Å². The van der Waals surface area contributed by atoms with Crippen molar-refractivity contribution in [3.63, 3.8) is 0 Å². The zero-order valence-electron chi connectivity index (χ0n) is 15.4. The number of hydrogen-bond donors (Lipinski definition) is 2. The van der Waals surface area contributed by atoms with Gasteiger partial charge in [-0.25, -0.2) is 0 Å². The minimum atomic E-state index is 0. The number of carbonyl (C=O) groups excluding carboxylic acids is 3. The van der Waals surface area contributed by atoms with E-state index in [4.69, 9.17) is 0 Å². The Hall–Kier alpha value is -1.59. The fraction of sp³-hybridized carbons (Fsp3) is 0.833. The van der Waals surface area contributed by atoms with Gasteiger partial charge in [0.05, 0.1) is 0 Å². The first kappa shape index (κ1) is 20.5. The molecule has 1 unspecified atom stereocenters. The van der Waals surface area contributed by atoms with Crippen molar-refractivity contribution in [2.45, 2.75) is 83.7 Å². The highest BCUT2D eigenvalue weighted by molar-refractivity contribution is 5.80. The first-order valence-corrected chi connectivity index (χ1v) is 9.28. The molecule has 0 aromatic rings. The molecule has 2 N–H and O–H groups in total. The maximum absolute atomic E-state index is 11.2. The van der Waals surface area contributed by atoms with E-state index in [1.807, 2.05) is 13.8 Å². The van der Waals surface area contributed by atoms with E-state index in [0.717, 1.165) is 13.0 Å². The molecule has 1 saturated heterocycles. The standard InChI is InChI=1S/C9H16N2O2.C9H17NO.2H2/c1-3-8(12)10-7-4-5-11(2)9(13)6-7;1-2-9(11)10-8-6-4-3-5-7-8;;/h7H,3-6H2,1-2H3,(H,10,12);8H,2-7H2,1H3,(H,10,11);2*1H. The monoisotopic (exact) mass is 343 g/mol. The Balaban J connectivity index is 0. The number of carbonyl (C=O) groups is 3. The van der Waals surface area contributed by atoms with Gasteiger partial charge in [0, 0.05) is 47.8 Å². The Bertz CT molecular complexity index is 428. The van der Waals surface area contributed by atoms with Crippen LogP contribution in [0.3, 0.4) is 0 Å². The fourth-order valence-corrected chi connectivity index (χ4v) is 2.97. The van der Waals surface area contributed by atoms with Crippen LogP contribution in [0.1, 0.15) is 74.5 Å². The predicted octanol–water partition coefficient (Wildman–Crippen LogP) is 2.47. The summed E-state index contributed by atoms with van der Waals surface area (Å²) in [5, 5.41) is 5.86. The number of hydrogen-bond acceptors (Lipinski definition) is 3. The lowest BCUT2D eigenvalue weighted by Crippen LogP contribution is -2.45. The number of piperidine rings is 1. The Labute approximate surface area is 148 Å². The molecule has 1 atom stereocenters. The van der Waals surface area contributed by atoms with Gasteiger partial charge in [0.25, 0.3) is 0 Å². The molecule has 0 spiro atoms. The van der Waals surface area contributed by atoms with Gasteiger partial charge in [0.15, 0.2) is 0 Å². The van der Waals surface area contributed by atoms with Gasteiger partial charge in [-0.1, -0.05) is 33.1 Å². The van der Waals surface area contributed by atoms with Crippen molar-refractivity contribution in [1.29, 1.82) is 0 Å². The van der Waals surface area contributed by atoms with Crippen LogP contribution < -0.4 is 10.6 Å². The van der Waals surface area contributed by atoms with Crippen molar-refractivity contribution >= 4 is 17.7 Å². The number of amides is 3. The predicted molar refractivity (Wildman–Crippen MR) is 98.6 cm³/mol. The van der Waals surface area contributed by atoms with Crippen molar-refractivity contribution < 1.29 is 17.2 Å². The van der Waals surface area contributed by atoms with Gasteiger partial charge in [-0.2, -0.15) is 0 Å². The van der Waals surface area contributed by atoms with E-state index >= 15 is 0 Å². The van der Waals surface area contributed by atoms with E-state index in [1.165, 1.54) is 32.1 Å². The molecule has 2 rings (SSSR count). The highest BCUT2D eigenvalue weighted by atomic mass is 16.2. The van der Waals surface area contributed by atoms with Crippen molar-refractivity contribution in [3.8, 4) is 0 Å². The van der Waals surface area contributed by atoms with Crippen LogP contribution in [0.25, 0.3) is 0 Å². The van der Waals surface area contributed by atoms with Crippen LogP contribution in [0.15, 0.2) is 0 Å². The Morgan fingerprint density at radius 1 is 1.00 bits per heavy atom. The van der Waals surface area contributed by atoms with Crippen LogP contribution in [0.5, 0.6) is 0 Å². The van der Waals surface area contributed by atoms with Gasteiger partial charge in [-0.15, -0.1) is 0 Å². The molecule has 1 heterocycles. The van der Waals surface area contributed by atoms with Crippen molar-refractivity contribution in [3.05, 3.63) is 0 Å². The van der Waals surface area contributed by atoms with Gasteiger partial charge < -0.3 is 15.5 Å². The minimum absolute atomic E-state index is 0. The molecular formula is C18H37N3O3. The van der Waals surface area contributed by atoms with Crippen molar-refractivity contribution in [2.75, 3.05) is 13.6 Å². The molecule has 6 nitrogen and oxygen atoms in total. The summed E-state index contributed by atoms with van der Waals surface area (Å²) in [5.74, 6) is 0.354. The molecule has 142 valence electrons. The average molecular weight is 344 g/mol. The number of nitrogens with one attached hydrogen (secondary N) is 2. The minimum Gasteiger partial charge on any atom is -0.353 e. The number of nitrogens with zero attached hydrogens (tertiary/aromatic N) is 1. The van der Waals surface area contributed by atoms with E-state index in [9.17, 15) is 14.4 Å². The Morgan fingerprint density at radius 3 is 2.04 bits per heavy atom. The molecule has 2 fully saturated rings. The van der Waals surface area contributed by atoms with Gasteiger partial charge in [0.2, 0.25) is 17.7 Å². The van der Waals surface area contributed by atoms with E-state index in [1.54, 1.807) is 11.9 Å². The lowest BCUT2D eigenvalue weighted by molar-refractivity contribution is -0.133. The maximum Gasteiger partial charge on any atom is 0.224 e. The van der Waals surface area contributed by atoms with Gasteiger partial charge in [-0.05, 0) is 19.3 Å². The van der Waals surface area contributed by atoms with Crippen LogP contribution in [0.4, 0.5) is 0 Å². The third kappa shape index (κ3) is 7.79. The summed E-state index contributed by atoms with van der Waals surface area (Å²) in [6.45, 7) is 4.46. The molecule has 24 heavy (non-hydrogen) atoms. The third-order valence-electron chi connectivity index (χ3n) is 4.64. The van der Waals surface area contributed by atoms with Crippen LogP contribution in [0, 0.1) is 0 Å². The quantitative estimate of drug-likeness (QED) is 0.823. The summed E-state index contributed by atoms with van der Waals surface area (Å²) in [7, 11) is 1.79. The largest absolute Gasteiger partial charge is 0.353 e. The number of rotatable bonds is 4. The fourth-order valence-electron chi connectivity index (χ4n) is 2.97. The van der Waals surface area contributed by atoms with E-state index in [0.29, 0.717) is 25.3 Å². The molecule has 1 aliphatic heterocycles. The Kier molecular flexibility index (Phi) is 9.42. The normalized spacial score (nSPS) is 21.5. The molecule has 1 saturated carbocycles. The molecule has 0 bridgehead atoms. The molecule has 2 aliphatic rings. The summed E-state index contributed by atoms with van der Waals surface area (Å²) in [6, 6.07) is 0.535. The second kappa shape index (κ2) is 11.0. The zero-order chi connectivity index (χ0) is 17.9. The maximum atomic E-state index is 11.2. The van der Waals surface area contributed by atoms with Gasteiger partial charge in [0.1, 0.15) is 0 Å². The molecule has 0 radical (unpaired) electrons. The Morgan fingerprint density at radius 2 is 1.54 bits per heavy atom. The lowest BCUT2D eigenvalue weighted by Gasteiger charge is -2.29. The SMILES string of the molecule is CCC(=O)NC1CCCCC1.CCC(=O)NC1CCN(C)C(=O)C1.[HH].[HH]. The van der Waals surface area contributed by atoms with Crippen LogP contribution in [0.2, 0.25) is 0 Å². The van der Waals surface area contributed by atoms with E-state index in [-0.39, 0.29) is 26.6 Å². The van der Waals surface area contributed by atoms with Crippen LogP contribution in [-0.4, -0.2) is 48.3 Å². The van der Waals surface area contributed by atoms with E-state index in [2.05, 4.69) is 10.6 Å². The summed E-state index contributed by atoms with van der Waals surface area (Å²) in [5.41, 5.74) is 0. The summed E-state index contributed by atoms with van der Waals surface area (Å²) in [4.78, 5) is 35.0. The van der Waals surface area contributed by atoms with Crippen LogP contribution >= 0.6 is 0 Å². The van der Waals surface area contributed by atoms with Crippen molar-refractivity contribution in [2.24, 2.45) is 0 Å². The first-order valence-electron chi connectivity index (χ1n) is 9.28. The summed E-state index contributed by atoms with van der Waals surface area (Å²) in [6.07, 6.45) is 8.71. The second-order valence-electron chi connectivity index (χ2n) is 6.68. The molecule has 3 amide bonds. The number of likely N-dealkylation sites (tertiary alicyclic amines) is 1. The second-order valence-corrected chi connectivity index (χ2v) is 6.68. The molecule has 0 aromatic heterocycles. The third-order valence-corrected chi connectivity index (χ3v) is 4.64. The molecular weight excluding hydrogens is 306 g/mol. The van der Waals surface area contributed by atoms with Crippen molar-refractivity contribution in [1.82, 2.24) is 15.5 Å². The summed E-state index contributed by atoms with van der Waals surface area (Å²) < 4.78 is 0. The smallest absolute Gasteiger partial charge is 0.224 e. The lowest BCUT2D eigenvalue weighted by atomic mass is 9.95.